The Morgan fingerprint density at radius 1 is 1.26 bits per heavy atom. The highest BCUT2D eigenvalue weighted by molar-refractivity contribution is 6.06. The number of ether oxygens (including phenoxy) is 1. The first-order valence-electron chi connectivity index (χ1n) is 8.76. The third-order valence-corrected chi connectivity index (χ3v) is 4.58. The number of hydrogen-bond donors (Lipinski definition) is 2. The maximum Gasteiger partial charge on any atom is 0.272 e. The number of hydrogen-bond acceptors (Lipinski definition) is 5. The van der Waals surface area contributed by atoms with Crippen molar-refractivity contribution in [2.45, 2.75) is 18.8 Å². The number of aromatic nitrogens is 1. The first-order valence-corrected chi connectivity index (χ1v) is 8.76. The zero-order valence-corrected chi connectivity index (χ0v) is 14.8. The number of fused-ring (bicyclic) bond motifs is 1. The Hall–Kier alpha value is -3.41. The zero-order valence-electron chi connectivity index (χ0n) is 14.8. The first kappa shape index (κ1) is 17.0. The molecule has 3 aromatic rings. The SMILES string of the molecule is COc1ccc(O)c(/C=N/NC(=O)c2cc(C3CC3)nc3ccccc23)c1. The molecule has 1 saturated carbocycles. The fraction of sp³-hybridized carbons (Fsp3) is 0.190. The second kappa shape index (κ2) is 7.07. The number of aromatic hydroxyl groups is 1. The summed E-state index contributed by atoms with van der Waals surface area (Å²) < 4.78 is 5.13. The molecule has 0 saturated heterocycles. The number of hydrazone groups is 1. The molecule has 4 rings (SSSR count). The van der Waals surface area contributed by atoms with Crippen LogP contribution in [-0.4, -0.2) is 29.3 Å². The molecule has 1 fully saturated rings. The van der Waals surface area contributed by atoms with E-state index in [0.29, 0.717) is 22.8 Å². The number of amides is 1. The third kappa shape index (κ3) is 3.60. The van der Waals surface area contributed by atoms with E-state index in [1.165, 1.54) is 12.3 Å². The molecule has 1 aliphatic carbocycles. The molecule has 0 atom stereocenters. The summed E-state index contributed by atoms with van der Waals surface area (Å²) in [5.74, 6) is 0.779. The summed E-state index contributed by atoms with van der Waals surface area (Å²) in [6.45, 7) is 0. The van der Waals surface area contributed by atoms with E-state index in [-0.39, 0.29) is 11.7 Å². The van der Waals surface area contributed by atoms with Crippen molar-refractivity contribution in [2.75, 3.05) is 7.11 Å². The number of nitrogens with one attached hydrogen (secondary N) is 1. The number of carbonyl (C=O) groups excluding carboxylic acids is 1. The molecule has 1 aromatic heterocycles. The number of pyridine rings is 1. The van der Waals surface area contributed by atoms with Crippen molar-refractivity contribution in [3.8, 4) is 11.5 Å². The number of methoxy groups -OCH3 is 1. The van der Waals surface area contributed by atoms with Crippen molar-refractivity contribution in [1.29, 1.82) is 0 Å². The van der Waals surface area contributed by atoms with Crippen LogP contribution in [0.4, 0.5) is 0 Å². The Morgan fingerprint density at radius 2 is 2.07 bits per heavy atom. The lowest BCUT2D eigenvalue weighted by atomic mass is 10.1. The van der Waals surface area contributed by atoms with Crippen LogP contribution < -0.4 is 10.2 Å². The summed E-state index contributed by atoms with van der Waals surface area (Å²) in [5.41, 5.74) is 5.30. The van der Waals surface area contributed by atoms with E-state index in [4.69, 9.17) is 4.74 Å². The second-order valence-corrected chi connectivity index (χ2v) is 6.51. The van der Waals surface area contributed by atoms with Crippen molar-refractivity contribution in [1.82, 2.24) is 10.4 Å². The summed E-state index contributed by atoms with van der Waals surface area (Å²) in [4.78, 5) is 17.4. The van der Waals surface area contributed by atoms with Crippen LogP contribution in [0, 0.1) is 0 Å². The molecule has 2 aromatic carbocycles. The van der Waals surface area contributed by atoms with Gasteiger partial charge >= 0.3 is 0 Å². The number of phenolic OH excluding ortho intramolecular Hbond substituents is 1. The highest BCUT2D eigenvalue weighted by Crippen LogP contribution is 2.40. The highest BCUT2D eigenvalue weighted by Gasteiger charge is 2.26. The summed E-state index contributed by atoms with van der Waals surface area (Å²) in [6.07, 6.45) is 3.61. The van der Waals surface area contributed by atoms with Gasteiger partial charge in [-0.3, -0.25) is 9.78 Å². The molecule has 1 aliphatic rings. The summed E-state index contributed by atoms with van der Waals surface area (Å²) in [6, 6.07) is 14.2. The van der Waals surface area contributed by atoms with E-state index >= 15 is 0 Å². The van der Waals surface area contributed by atoms with E-state index < -0.39 is 0 Å². The number of phenols is 1. The second-order valence-electron chi connectivity index (χ2n) is 6.51. The number of nitrogens with zero attached hydrogens (tertiary/aromatic N) is 2. The number of rotatable bonds is 5. The highest BCUT2D eigenvalue weighted by atomic mass is 16.5. The third-order valence-electron chi connectivity index (χ3n) is 4.58. The lowest BCUT2D eigenvalue weighted by Gasteiger charge is -2.08. The van der Waals surface area contributed by atoms with Crippen molar-refractivity contribution in [3.63, 3.8) is 0 Å². The molecule has 0 radical (unpaired) electrons. The summed E-state index contributed by atoms with van der Waals surface area (Å²) in [7, 11) is 1.54. The van der Waals surface area contributed by atoms with Crippen LogP contribution in [0.2, 0.25) is 0 Å². The molecule has 6 nitrogen and oxygen atoms in total. The standard InChI is InChI=1S/C21H19N3O3/c1-27-15-8-9-20(25)14(10-15)12-22-24-21(26)17-11-19(13-6-7-13)23-18-5-3-2-4-16(17)18/h2-5,8-13,25H,6-7H2,1H3,(H,24,26)/b22-12+. The lowest BCUT2D eigenvalue weighted by molar-refractivity contribution is 0.0956. The van der Waals surface area contributed by atoms with Crippen molar-refractivity contribution in [2.24, 2.45) is 5.10 Å². The monoisotopic (exact) mass is 361 g/mol. The van der Waals surface area contributed by atoms with Gasteiger partial charge in [-0.25, -0.2) is 5.43 Å². The fourth-order valence-electron chi connectivity index (χ4n) is 2.96. The summed E-state index contributed by atoms with van der Waals surface area (Å²) in [5, 5.41) is 14.7. The summed E-state index contributed by atoms with van der Waals surface area (Å²) >= 11 is 0. The van der Waals surface area contributed by atoms with Crippen LogP contribution in [0.15, 0.2) is 53.6 Å². The van der Waals surface area contributed by atoms with Gasteiger partial charge in [0.2, 0.25) is 0 Å². The Morgan fingerprint density at radius 3 is 2.85 bits per heavy atom. The molecule has 136 valence electrons. The molecule has 0 bridgehead atoms. The van der Waals surface area contributed by atoms with E-state index in [9.17, 15) is 9.90 Å². The lowest BCUT2D eigenvalue weighted by Crippen LogP contribution is -2.18. The quantitative estimate of drug-likeness (QED) is 0.537. The van der Waals surface area contributed by atoms with Gasteiger partial charge < -0.3 is 9.84 Å². The van der Waals surface area contributed by atoms with Gasteiger partial charge in [-0.05, 0) is 43.2 Å². The maximum absolute atomic E-state index is 12.7. The van der Waals surface area contributed by atoms with Crippen LogP contribution in [0.1, 0.15) is 40.4 Å². The Kier molecular flexibility index (Phi) is 4.46. The van der Waals surface area contributed by atoms with Gasteiger partial charge in [0.25, 0.3) is 5.91 Å². The van der Waals surface area contributed by atoms with Crippen molar-refractivity contribution >= 4 is 23.0 Å². The minimum absolute atomic E-state index is 0.0548. The normalized spacial score (nSPS) is 13.8. The van der Waals surface area contributed by atoms with E-state index in [1.807, 2.05) is 30.3 Å². The van der Waals surface area contributed by atoms with Gasteiger partial charge in [0.05, 0.1) is 24.4 Å². The predicted octanol–water partition coefficient (Wildman–Crippen LogP) is 3.59. The number of benzene rings is 2. The molecular formula is C21H19N3O3. The van der Waals surface area contributed by atoms with E-state index in [1.54, 1.807) is 19.2 Å². The number of carbonyl (C=O) groups is 1. The van der Waals surface area contributed by atoms with Crippen LogP contribution in [0.3, 0.4) is 0 Å². The van der Waals surface area contributed by atoms with Gasteiger partial charge in [-0.1, -0.05) is 18.2 Å². The Balaban J connectivity index is 1.60. The molecule has 1 amide bonds. The van der Waals surface area contributed by atoms with Gasteiger partial charge in [0.15, 0.2) is 0 Å². The molecule has 27 heavy (non-hydrogen) atoms. The van der Waals surface area contributed by atoms with Gasteiger partial charge in [0.1, 0.15) is 11.5 Å². The largest absolute Gasteiger partial charge is 0.507 e. The maximum atomic E-state index is 12.7. The molecule has 1 heterocycles. The van der Waals surface area contributed by atoms with Gasteiger partial charge in [-0.2, -0.15) is 5.10 Å². The smallest absolute Gasteiger partial charge is 0.272 e. The Labute approximate surface area is 156 Å². The topological polar surface area (TPSA) is 83.8 Å². The van der Waals surface area contributed by atoms with Crippen LogP contribution in [0.5, 0.6) is 11.5 Å². The van der Waals surface area contributed by atoms with E-state index in [0.717, 1.165) is 29.4 Å². The van der Waals surface area contributed by atoms with Gasteiger partial charge in [-0.15, -0.1) is 0 Å². The van der Waals surface area contributed by atoms with Gasteiger partial charge in [0, 0.05) is 22.6 Å². The molecule has 2 N–H and O–H groups in total. The molecule has 6 heteroatoms. The average Bonchev–Trinajstić information content (AvgIpc) is 3.54. The minimum Gasteiger partial charge on any atom is -0.507 e. The number of para-hydroxylation sites is 1. The van der Waals surface area contributed by atoms with Crippen LogP contribution in [-0.2, 0) is 0 Å². The van der Waals surface area contributed by atoms with Crippen LogP contribution in [0.25, 0.3) is 10.9 Å². The van der Waals surface area contributed by atoms with Crippen molar-refractivity contribution < 1.29 is 14.6 Å². The van der Waals surface area contributed by atoms with Crippen molar-refractivity contribution in [3.05, 3.63) is 65.4 Å². The minimum atomic E-state index is -0.311. The molecular weight excluding hydrogens is 342 g/mol. The average molecular weight is 361 g/mol. The van der Waals surface area contributed by atoms with E-state index in [2.05, 4.69) is 15.5 Å². The fourth-order valence-corrected chi connectivity index (χ4v) is 2.96. The molecule has 0 aliphatic heterocycles. The first-order chi connectivity index (χ1) is 13.2. The predicted molar refractivity (Wildman–Crippen MR) is 103 cm³/mol. The molecule has 0 spiro atoms. The van der Waals surface area contributed by atoms with Crippen LogP contribution >= 0.6 is 0 Å². The Bertz CT molecular complexity index is 1040. The zero-order chi connectivity index (χ0) is 18.8. The molecule has 0 unspecified atom stereocenters.